The molecular weight excluding hydrogens is 381 g/mol. The van der Waals surface area contributed by atoms with Crippen LogP contribution in [0.25, 0.3) is 11.4 Å². The van der Waals surface area contributed by atoms with Gasteiger partial charge in [0.1, 0.15) is 11.9 Å². The molecule has 1 heterocycles. The maximum Gasteiger partial charge on any atom is 0.242 e. The van der Waals surface area contributed by atoms with Crippen LogP contribution in [0.15, 0.2) is 29.4 Å². The van der Waals surface area contributed by atoms with Crippen LogP contribution in [0.3, 0.4) is 0 Å². The molecule has 1 aromatic heterocycles. The molecule has 0 saturated heterocycles. The minimum atomic E-state index is -0.602. The largest absolute Gasteiger partial charge is 0.354 e. The number of nitrogens with one attached hydrogen (secondary N) is 2. The average molecular weight is 405 g/mol. The molecule has 9 heteroatoms. The number of aromatic nitrogens is 3. The highest BCUT2D eigenvalue weighted by Gasteiger charge is 2.31. The van der Waals surface area contributed by atoms with Crippen molar-refractivity contribution in [3.63, 3.8) is 0 Å². The van der Waals surface area contributed by atoms with Gasteiger partial charge in [-0.3, -0.25) is 14.2 Å². The second-order valence-corrected chi connectivity index (χ2v) is 7.70. The lowest BCUT2D eigenvalue weighted by molar-refractivity contribution is -0.127. The first-order valence-corrected chi connectivity index (χ1v) is 10.4. The molecule has 0 aliphatic heterocycles. The topological polar surface area (TPSA) is 88.9 Å². The predicted molar refractivity (Wildman–Crippen MR) is 105 cm³/mol. The van der Waals surface area contributed by atoms with Crippen LogP contribution < -0.4 is 10.6 Å². The number of halogens is 1. The van der Waals surface area contributed by atoms with Gasteiger partial charge >= 0.3 is 0 Å². The van der Waals surface area contributed by atoms with Crippen LogP contribution in [-0.4, -0.2) is 44.9 Å². The Balaban J connectivity index is 1.64. The van der Waals surface area contributed by atoms with Crippen molar-refractivity contribution in [1.82, 2.24) is 25.4 Å². The second kappa shape index (κ2) is 9.18. The number of rotatable bonds is 9. The molecular formula is C19H24FN5O2S. The molecule has 2 amide bonds. The fourth-order valence-corrected chi connectivity index (χ4v) is 3.56. The Hall–Kier alpha value is -2.42. The monoisotopic (exact) mass is 405 g/mol. The standard InChI is InChI=1S/C19H24FN5O2S/c1-3-10-21-18(27)12(2)22-16(26)11-28-19-24-23-17(25(19)13-8-9-13)14-6-4-5-7-15(14)20/h4-7,12-13H,3,8-11H2,1-2H3,(H,21,27)(H,22,26)/t12-/m1/s1. The third-order valence-corrected chi connectivity index (χ3v) is 5.29. The van der Waals surface area contributed by atoms with E-state index < -0.39 is 6.04 Å². The molecule has 0 radical (unpaired) electrons. The highest BCUT2D eigenvalue weighted by atomic mass is 32.2. The van der Waals surface area contributed by atoms with E-state index in [2.05, 4.69) is 20.8 Å². The van der Waals surface area contributed by atoms with Crippen molar-refractivity contribution < 1.29 is 14.0 Å². The van der Waals surface area contributed by atoms with Crippen LogP contribution >= 0.6 is 11.8 Å². The van der Waals surface area contributed by atoms with E-state index in [-0.39, 0.29) is 29.4 Å². The Kier molecular flexibility index (Phi) is 6.66. The van der Waals surface area contributed by atoms with Gasteiger partial charge in [0.2, 0.25) is 11.8 Å². The first-order valence-electron chi connectivity index (χ1n) is 9.41. The lowest BCUT2D eigenvalue weighted by Gasteiger charge is -2.14. The van der Waals surface area contributed by atoms with E-state index in [1.165, 1.54) is 17.8 Å². The summed E-state index contributed by atoms with van der Waals surface area (Å²) < 4.78 is 16.1. The van der Waals surface area contributed by atoms with E-state index in [0.717, 1.165) is 19.3 Å². The number of hydrogen-bond donors (Lipinski definition) is 2. The van der Waals surface area contributed by atoms with E-state index in [4.69, 9.17) is 0 Å². The summed E-state index contributed by atoms with van der Waals surface area (Å²) in [5.74, 6) is -0.230. The maximum atomic E-state index is 14.2. The predicted octanol–water partition coefficient (Wildman–Crippen LogP) is 2.54. The molecule has 3 rings (SSSR count). The van der Waals surface area contributed by atoms with Gasteiger partial charge < -0.3 is 10.6 Å². The van der Waals surface area contributed by atoms with Gasteiger partial charge in [0.25, 0.3) is 0 Å². The molecule has 1 fully saturated rings. The summed E-state index contributed by atoms with van der Waals surface area (Å²) in [5.41, 5.74) is 0.402. The van der Waals surface area contributed by atoms with E-state index in [1.54, 1.807) is 25.1 Å². The van der Waals surface area contributed by atoms with Gasteiger partial charge in [-0.05, 0) is 38.3 Å². The number of thioether (sulfide) groups is 1. The summed E-state index contributed by atoms with van der Waals surface area (Å²) in [6.45, 7) is 4.19. The zero-order valence-corrected chi connectivity index (χ0v) is 16.8. The first kappa shape index (κ1) is 20.3. The Morgan fingerprint density at radius 3 is 2.75 bits per heavy atom. The van der Waals surface area contributed by atoms with Crippen molar-refractivity contribution in [3.8, 4) is 11.4 Å². The van der Waals surface area contributed by atoms with Crippen LogP contribution in [-0.2, 0) is 9.59 Å². The second-order valence-electron chi connectivity index (χ2n) is 6.76. The van der Waals surface area contributed by atoms with E-state index in [0.29, 0.717) is 23.1 Å². The average Bonchev–Trinajstić information content (AvgIpc) is 3.44. The van der Waals surface area contributed by atoms with Crippen LogP contribution in [0.5, 0.6) is 0 Å². The Morgan fingerprint density at radius 1 is 1.32 bits per heavy atom. The van der Waals surface area contributed by atoms with Crippen molar-refractivity contribution in [2.45, 2.75) is 50.4 Å². The summed E-state index contributed by atoms with van der Waals surface area (Å²) in [6, 6.07) is 6.09. The van der Waals surface area contributed by atoms with Gasteiger partial charge in [0, 0.05) is 12.6 Å². The molecule has 1 aliphatic carbocycles. The SMILES string of the molecule is CCCNC(=O)[C@@H](C)NC(=O)CSc1nnc(-c2ccccc2F)n1C1CC1. The highest BCUT2D eigenvalue weighted by Crippen LogP contribution is 2.41. The number of carbonyl (C=O) groups is 2. The number of hydrogen-bond acceptors (Lipinski definition) is 5. The zero-order valence-electron chi connectivity index (χ0n) is 15.9. The molecule has 1 aliphatic rings. The van der Waals surface area contributed by atoms with Crippen LogP contribution in [0.4, 0.5) is 4.39 Å². The first-order chi connectivity index (χ1) is 13.5. The van der Waals surface area contributed by atoms with E-state index in [1.807, 2.05) is 11.5 Å². The third-order valence-electron chi connectivity index (χ3n) is 4.34. The van der Waals surface area contributed by atoms with Crippen molar-refractivity contribution in [2.75, 3.05) is 12.3 Å². The minimum Gasteiger partial charge on any atom is -0.354 e. The summed E-state index contributed by atoms with van der Waals surface area (Å²) in [4.78, 5) is 24.1. The van der Waals surface area contributed by atoms with Crippen LogP contribution in [0.1, 0.15) is 39.2 Å². The van der Waals surface area contributed by atoms with Gasteiger partial charge in [0.05, 0.1) is 11.3 Å². The Bertz CT molecular complexity index is 853. The van der Waals surface area contributed by atoms with E-state index >= 15 is 0 Å². The Labute approximate surface area is 167 Å². The zero-order chi connectivity index (χ0) is 20.1. The van der Waals surface area contributed by atoms with E-state index in [9.17, 15) is 14.0 Å². The molecule has 0 unspecified atom stereocenters. The van der Waals surface area contributed by atoms with Crippen molar-refractivity contribution in [1.29, 1.82) is 0 Å². The molecule has 150 valence electrons. The maximum absolute atomic E-state index is 14.2. The molecule has 1 aromatic carbocycles. The number of carbonyl (C=O) groups excluding carboxylic acids is 2. The van der Waals surface area contributed by atoms with Gasteiger partial charge in [-0.1, -0.05) is 30.8 Å². The molecule has 2 N–H and O–H groups in total. The molecule has 7 nitrogen and oxygen atoms in total. The molecule has 0 spiro atoms. The van der Waals surface area contributed by atoms with Crippen molar-refractivity contribution in [2.24, 2.45) is 0 Å². The fourth-order valence-electron chi connectivity index (χ4n) is 2.74. The molecule has 2 aromatic rings. The lowest BCUT2D eigenvalue weighted by Crippen LogP contribution is -2.45. The summed E-state index contributed by atoms with van der Waals surface area (Å²) in [6.07, 6.45) is 2.80. The lowest BCUT2D eigenvalue weighted by atomic mass is 10.2. The van der Waals surface area contributed by atoms with Crippen LogP contribution in [0, 0.1) is 5.82 Å². The van der Waals surface area contributed by atoms with Crippen LogP contribution in [0.2, 0.25) is 0 Å². The fraction of sp³-hybridized carbons (Fsp3) is 0.474. The normalized spacial score (nSPS) is 14.5. The number of nitrogens with zero attached hydrogens (tertiary/aromatic N) is 3. The quantitative estimate of drug-likeness (QED) is 0.626. The van der Waals surface area contributed by atoms with Gasteiger partial charge in [-0.15, -0.1) is 10.2 Å². The Morgan fingerprint density at radius 2 is 2.07 bits per heavy atom. The van der Waals surface area contributed by atoms with Crippen molar-refractivity contribution >= 4 is 23.6 Å². The minimum absolute atomic E-state index is 0.105. The summed E-state index contributed by atoms with van der Waals surface area (Å²) in [5, 5.41) is 14.3. The highest BCUT2D eigenvalue weighted by molar-refractivity contribution is 7.99. The number of benzene rings is 1. The molecule has 1 saturated carbocycles. The van der Waals surface area contributed by atoms with Gasteiger partial charge in [0.15, 0.2) is 11.0 Å². The summed E-state index contributed by atoms with van der Waals surface area (Å²) >= 11 is 1.24. The summed E-state index contributed by atoms with van der Waals surface area (Å²) in [7, 11) is 0. The third kappa shape index (κ3) is 4.89. The van der Waals surface area contributed by atoms with Crippen molar-refractivity contribution in [3.05, 3.63) is 30.1 Å². The molecule has 28 heavy (non-hydrogen) atoms. The molecule has 0 bridgehead atoms. The van der Waals surface area contributed by atoms with Gasteiger partial charge in [-0.25, -0.2) is 4.39 Å². The molecule has 1 atom stereocenters. The number of amides is 2. The van der Waals surface area contributed by atoms with Gasteiger partial charge in [-0.2, -0.15) is 0 Å². The smallest absolute Gasteiger partial charge is 0.242 e.